The van der Waals surface area contributed by atoms with Gasteiger partial charge in [0.25, 0.3) is 5.91 Å². The van der Waals surface area contributed by atoms with E-state index in [1.807, 2.05) is 69.3 Å². The number of nitrogens with zero attached hydrogens (tertiary/aromatic N) is 3. The Hall–Kier alpha value is -4.06. The lowest BCUT2D eigenvalue weighted by molar-refractivity contribution is 0.0939. The molecule has 0 spiro atoms. The van der Waals surface area contributed by atoms with Crippen LogP contribution in [-0.2, 0) is 0 Å². The SMILES string of the molecule is Cc1ccc(-c2cc(Oc3ccccn3)cc(C(=O)NC(C)c3ccc(C)nc3)c2)nc1. The number of carbonyl (C=O) groups is 1. The number of nitrogens with one attached hydrogen (secondary N) is 1. The van der Waals surface area contributed by atoms with E-state index in [-0.39, 0.29) is 11.9 Å². The zero-order valence-corrected chi connectivity index (χ0v) is 18.2. The predicted octanol–water partition coefficient (Wildman–Crippen LogP) is 5.44. The van der Waals surface area contributed by atoms with Gasteiger partial charge in [-0.15, -0.1) is 0 Å². The maximum Gasteiger partial charge on any atom is 0.251 e. The highest BCUT2D eigenvalue weighted by Gasteiger charge is 2.15. The molecule has 6 heteroatoms. The number of aryl methyl sites for hydroxylation is 2. The molecule has 0 fully saturated rings. The number of ether oxygens (including phenoxy) is 1. The van der Waals surface area contributed by atoms with Gasteiger partial charge in [0.2, 0.25) is 5.88 Å². The quantitative estimate of drug-likeness (QED) is 0.446. The van der Waals surface area contributed by atoms with Crippen LogP contribution in [-0.4, -0.2) is 20.9 Å². The van der Waals surface area contributed by atoms with Crippen molar-refractivity contribution in [1.82, 2.24) is 20.3 Å². The first kappa shape index (κ1) is 21.2. The molecule has 32 heavy (non-hydrogen) atoms. The Labute approximate surface area is 187 Å². The van der Waals surface area contributed by atoms with E-state index in [9.17, 15) is 4.79 Å². The van der Waals surface area contributed by atoms with Gasteiger partial charge in [0.15, 0.2) is 0 Å². The van der Waals surface area contributed by atoms with Crippen molar-refractivity contribution >= 4 is 5.91 Å². The van der Waals surface area contributed by atoms with Crippen molar-refractivity contribution in [3.63, 3.8) is 0 Å². The fourth-order valence-electron chi connectivity index (χ4n) is 3.20. The maximum atomic E-state index is 13.1. The molecular weight excluding hydrogens is 400 g/mol. The number of benzene rings is 1. The predicted molar refractivity (Wildman–Crippen MR) is 124 cm³/mol. The lowest BCUT2D eigenvalue weighted by atomic mass is 10.0. The molecule has 6 nitrogen and oxygen atoms in total. The second kappa shape index (κ2) is 9.39. The molecular formula is C26H24N4O2. The van der Waals surface area contributed by atoms with Gasteiger partial charge in [0.1, 0.15) is 5.75 Å². The van der Waals surface area contributed by atoms with Crippen LogP contribution in [0.4, 0.5) is 0 Å². The lowest BCUT2D eigenvalue weighted by Gasteiger charge is -2.16. The van der Waals surface area contributed by atoms with Gasteiger partial charge in [-0.25, -0.2) is 4.98 Å². The average Bonchev–Trinajstić information content (AvgIpc) is 2.80. The molecule has 1 unspecified atom stereocenters. The first-order valence-corrected chi connectivity index (χ1v) is 10.4. The van der Waals surface area contributed by atoms with Crippen molar-refractivity contribution in [3.8, 4) is 22.9 Å². The number of amides is 1. The molecule has 0 bridgehead atoms. The summed E-state index contributed by atoms with van der Waals surface area (Å²) < 4.78 is 5.93. The summed E-state index contributed by atoms with van der Waals surface area (Å²) in [5.74, 6) is 0.753. The summed E-state index contributed by atoms with van der Waals surface area (Å²) in [7, 11) is 0. The van der Waals surface area contributed by atoms with E-state index in [1.54, 1.807) is 30.7 Å². The topological polar surface area (TPSA) is 77.0 Å². The van der Waals surface area contributed by atoms with Crippen molar-refractivity contribution in [2.24, 2.45) is 0 Å². The molecule has 3 heterocycles. The molecule has 3 aromatic heterocycles. The monoisotopic (exact) mass is 424 g/mol. The first-order chi connectivity index (χ1) is 15.5. The maximum absolute atomic E-state index is 13.1. The molecule has 0 aliphatic carbocycles. The smallest absolute Gasteiger partial charge is 0.251 e. The minimum atomic E-state index is -0.210. The number of aromatic nitrogens is 3. The molecule has 160 valence electrons. The van der Waals surface area contributed by atoms with Gasteiger partial charge >= 0.3 is 0 Å². The molecule has 4 rings (SSSR count). The molecule has 4 aromatic rings. The van der Waals surface area contributed by atoms with E-state index in [0.717, 1.165) is 28.1 Å². The Morgan fingerprint density at radius 3 is 2.50 bits per heavy atom. The average molecular weight is 425 g/mol. The Morgan fingerprint density at radius 2 is 1.81 bits per heavy atom. The number of carbonyl (C=O) groups excluding carboxylic acids is 1. The minimum absolute atomic E-state index is 0.197. The van der Waals surface area contributed by atoms with E-state index in [4.69, 9.17) is 4.74 Å². The fraction of sp³-hybridized carbons (Fsp3) is 0.154. The van der Waals surface area contributed by atoms with Gasteiger partial charge in [0.05, 0.1) is 11.7 Å². The third kappa shape index (κ3) is 5.16. The molecule has 1 atom stereocenters. The van der Waals surface area contributed by atoms with Crippen LogP contribution in [0, 0.1) is 13.8 Å². The summed E-state index contributed by atoms with van der Waals surface area (Å²) in [4.78, 5) is 26.1. The molecule has 1 amide bonds. The highest BCUT2D eigenvalue weighted by molar-refractivity contribution is 5.96. The summed E-state index contributed by atoms with van der Waals surface area (Å²) in [6.07, 6.45) is 5.24. The number of hydrogen-bond donors (Lipinski definition) is 1. The molecule has 0 aliphatic rings. The summed E-state index contributed by atoms with van der Waals surface area (Å²) in [6, 6.07) is 18.4. The van der Waals surface area contributed by atoms with Crippen LogP contribution < -0.4 is 10.1 Å². The van der Waals surface area contributed by atoms with E-state index >= 15 is 0 Å². The van der Waals surface area contributed by atoms with Crippen LogP contribution in [0.3, 0.4) is 0 Å². The lowest BCUT2D eigenvalue weighted by Crippen LogP contribution is -2.26. The van der Waals surface area contributed by atoms with Crippen molar-refractivity contribution in [2.75, 3.05) is 0 Å². The second-order valence-electron chi connectivity index (χ2n) is 7.66. The summed E-state index contributed by atoms with van der Waals surface area (Å²) in [5, 5.41) is 3.04. The zero-order chi connectivity index (χ0) is 22.5. The number of rotatable bonds is 6. The molecule has 0 radical (unpaired) electrons. The molecule has 1 N–H and O–H groups in total. The van der Waals surface area contributed by atoms with Gasteiger partial charge in [-0.2, -0.15) is 0 Å². The number of hydrogen-bond acceptors (Lipinski definition) is 5. The van der Waals surface area contributed by atoms with Crippen LogP contribution in [0.5, 0.6) is 11.6 Å². The van der Waals surface area contributed by atoms with E-state index in [0.29, 0.717) is 17.2 Å². The summed E-state index contributed by atoms with van der Waals surface area (Å²) in [6.45, 7) is 5.85. The van der Waals surface area contributed by atoms with Gasteiger partial charge in [-0.05, 0) is 68.3 Å². The van der Waals surface area contributed by atoms with Gasteiger partial charge in [-0.1, -0.05) is 18.2 Å². The third-order valence-electron chi connectivity index (χ3n) is 5.02. The Bertz CT molecular complexity index is 1210. The van der Waals surface area contributed by atoms with Crippen molar-refractivity contribution in [1.29, 1.82) is 0 Å². The van der Waals surface area contributed by atoms with E-state index in [2.05, 4.69) is 20.3 Å². The molecule has 1 aromatic carbocycles. The molecule has 0 saturated heterocycles. The summed E-state index contributed by atoms with van der Waals surface area (Å²) in [5.41, 5.74) is 4.95. The number of pyridine rings is 3. The highest BCUT2D eigenvalue weighted by atomic mass is 16.5. The van der Waals surface area contributed by atoms with Crippen LogP contribution in [0.25, 0.3) is 11.3 Å². The highest BCUT2D eigenvalue weighted by Crippen LogP contribution is 2.28. The second-order valence-corrected chi connectivity index (χ2v) is 7.66. The van der Waals surface area contributed by atoms with E-state index in [1.165, 1.54) is 0 Å². The van der Waals surface area contributed by atoms with Crippen molar-refractivity contribution in [3.05, 3.63) is 102 Å². The van der Waals surface area contributed by atoms with Crippen molar-refractivity contribution < 1.29 is 9.53 Å². The first-order valence-electron chi connectivity index (χ1n) is 10.4. The Kier molecular flexibility index (Phi) is 6.22. The Morgan fingerprint density at radius 1 is 0.938 bits per heavy atom. The van der Waals surface area contributed by atoms with Crippen LogP contribution in [0.15, 0.2) is 79.3 Å². The largest absolute Gasteiger partial charge is 0.439 e. The van der Waals surface area contributed by atoms with Crippen LogP contribution >= 0.6 is 0 Å². The third-order valence-corrected chi connectivity index (χ3v) is 5.02. The van der Waals surface area contributed by atoms with Crippen LogP contribution in [0.2, 0.25) is 0 Å². The van der Waals surface area contributed by atoms with Gasteiger partial charge < -0.3 is 10.1 Å². The van der Waals surface area contributed by atoms with Crippen LogP contribution in [0.1, 0.15) is 40.1 Å². The molecule has 0 aliphatic heterocycles. The van der Waals surface area contributed by atoms with Gasteiger partial charge in [0, 0.05) is 41.5 Å². The van der Waals surface area contributed by atoms with E-state index < -0.39 is 0 Å². The minimum Gasteiger partial charge on any atom is -0.439 e. The standard InChI is InChI=1S/C26H24N4O2/c1-17-7-10-24(29-15-17)21-12-22(14-23(13-21)32-25-6-4-5-11-27-25)26(31)30-19(3)20-9-8-18(2)28-16-20/h4-16,19H,1-3H3,(H,30,31). The summed E-state index contributed by atoms with van der Waals surface area (Å²) >= 11 is 0. The van der Waals surface area contributed by atoms with Crippen molar-refractivity contribution in [2.45, 2.75) is 26.8 Å². The fourth-order valence-corrected chi connectivity index (χ4v) is 3.20. The zero-order valence-electron chi connectivity index (χ0n) is 18.2. The Balaban J connectivity index is 1.65. The van der Waals surface area contributed by atoms with Gasteiger partial charge in [-0.3, -0.25) is 14.8 Å². The molecule has 0 saturated carbocycles. The normalized spacial score (nSPS) is 11.6.